The molecule has 5 nitrogen and oxygen atoms in total. The second-order valence-corrected chi connectivity index (χ2v) is 6.27. The highest BCUT2D eigenvalue weighted by molar-refractivity contribution is 5.88. The van der Waals surface area contributed by atoms with Gasteiger partial charge in [-0.25, -0.2) is 0 Å². The van der Waals surface area contributed by atoms with E-state index in [9.17, 15) is 4.79 Å². The Morgan fingerprint density at radius 3 is 2.95 bits per heavy atom. The lowest BCUT2D eigenvalue weighted by Crippen LogP contribution is -2.51. The second-order valence-electron chi connectivity index (χ2n) is 6.27. The molecule has 2 saturated heterocycles. The van der Waals surface area contributed by atoms with Gasteiger partial charge in [-0.2, -0.15) is 0 Å². The Balaban J connectivity index is 1.40. The largest absolute Gasteiger partial charge is 0.381 e. The Morgan fingerprint density at radius 2 is 2.05 bits per heavy atom. The van der Waals surface area contributed by atoms with Crippen molar-refractivity contribution < 1.29 is 4.79 Å². The predicted octanol–water partition coefficient (Wildman–Crippen LogP) is 1.25. The number of amides is 1. The van der Waals surface area contributed by atoms with E-state index in [4.69, 9.17) is 0 Å². The number of anilines is 2. The maximum Gasteiger partial charge on any atom is 0.244 e. The number of para-hydroxylation sites is 2. The highest BCUT2D eigenvalue weighted by Gasteiger charge is 2.38. The first-order valence-electron chi connectivity index (χ1n) is 7.95. The van der Waals surface area contributed by atoms with Crippen molar-refractivity contribution >= 4 is 17.3 Å². The summed E-state index contributed by atoms with van der Waals surface area (Å²) in [5.74, 6) is 0.121. The summed E-state index contributed by atoms with van der Waals surface area (Å²) in [7, 11) is 0. The van der Waals surface area contributed by atoms with Crippen LogP contribution in [0.3, 0.4) is 0 Å². The van der Waals surface area contributed by atoms with Crippen molar-refractivity contribution in [2.75, 3.05) is 30.3 Å². The number of fused-ring (bicyclic) bond motifs is 2. The normalized spacial score (nSPS) is 31.0. The van der Waals surface area contributed by atoms with Crippen LogP contribution in [0.5, 0.6) is 0 Å². The van der Waals surface area contributed by atoms with E-state index in [-0.39, 0.29) is 11.9 Å². The molecule has 0 radical (unpaired) electrons. The summed E-state index contributed by atoms with van der Waals surface area (Å²) in [5, 5.41) is 9.94. The molecule has 2 fully saturated rings. The van der Waals surface area contributed by atoms with Crippen LogP contribution in [0.4, 0.5) is 11.4 Å². The number of hydrogen-bond donors (Lipinski definition) is 3. The number of nitrogens with one attached hydrogen (secondary N) is 3. The monoisotopic (exact) mass is 286 g/mol. The fourth-order valence-corrected chi connectivity index (χ4v) is 3.91. The number of carbonyl (C=O) groups excluding carboxylic acids is 1. The van der Waals surface area contributed by atoms with E-state index in [1.165, 1.54) is 19.4 Å². The van der Waals surface area contributed by atoms with Gasteiger partial charge in [0.2, 0.25) is 5.91 Å². The first-order valence-corrected chi connectivity index (χ1v) is 7.95. The van der Waals surface area contributed by atoms with E-state index in [0.717, 1.165) is 24.3 Å². The molecule has 0 aromatic heterocycles. The molecule has 3 aliphatic rings. The molecule has 0 saturated carbocycles. The Kier molecular flexibility index (Phi) is 3.22. The molecule has 5 heteroatoms. The quantitative estimate of drug-likeness (QED) is 0.766. The highest BCUT2D eigenvalue weighted by Crippen LogP contribution is 2.29. The van der Waals surface area contributed by atoms with E-state index in [0.29, 0.717) is 18.6 Å². The molecule has 3 unspecified atom stereocenters. The minimum absolute atomic E-state index is 0.121. The number of hydrogen-bond acceptors (Lipinski definition) is 4. The van der Waals surface area contributed by atoms with E-state index in [2.05, 4.69) is 20.9 Å². The summed E-state index contributed by atoms with van der Waals surface area (Å²) < 4.78 is 0. The van der Waals surface area contributed by atoms with Gasteiger partial charge in [-0.3, -0.25) is 9.69 Å². The lowest BCUT2D eigenvalue weighted by molar-refractivity contribution is -0.122. The van der Waals surface area contributed by atoms with Gasteiger partial charge < -0.3 is 16.0 Å². The molecule has 1 amide bonds. The van der Waals surface area contributed by atoms with Crippen molar-refractivity contribution in [3.8, 4) is 0 Å². The van der Waals surface area contributed by atoms with Crippen molar-refractivity contribution in [3.05, 3.63) is 24.3 Å². The molecule has 112 valence electrons. The Bertz CT molecular complexity index is 547. The van der Waals surface area contributed by atoms with Gasteiger partial charge in [-0.1, -0.05) is 12.1 Å². The second kappa shape index (κ2) is 5.22. The minimum Gasteiger partial charge on any atom is -0.381 e. The zero-order chi connectivity index (χ0) is 14.2. The predicted molar refractivity (Wildman–Crippen MR) is 83.5 cm³/mol. The van der Waals surface area contributed by atoms with E-state index in [1.807, 2.05) is 24.3 Å². The van der Waals surface area contributed by atoms with Crippen LogP contribution in [0.2, 0.25) is 0 Å². The van der Waals surface area contributed by atoms with Crippen molar-refractivity contribution in [1.82, 2.24) is 10.2 Å². The van der Waals surface area contributed by atoms with E-state index >= 15 is 0 Å². The summed E-state index contributed by atoms with van der Waals surface area (Å²) in [5.41, 5.74) is 2.09. The fourth-order valence-electron chi connectivity index (χ4n) is 3.91. The van der Waals surface area contributed by atoms with Crippen molar-refractivity contribution in [3.63, 3.8) is 0 Å². The van der Waals surface area contributed by atoms with Crippen LogP contribution in [-0.4, -0.2) is 48.6 Å². The minimum atomic E-state index is -0.185. The van der Waals surface area contributed by atoms with Gasteiger partial charge in [0.15, 0.2) is 0 Å². The molecule has 21 heavy (non-hydrogen) atoms. The summed E-state index contributed by atoms with van der Waals surface area (Å²) in [6.07, 6.45) is 3.59. The summed E-state index contributed by atoms with van der Waals surface area (Å²) in [4.78, 5) is 15.0. The molecule has 0 bridgehead atoms. The number of carbonyl (C=O) groups is 1. The molecule has 3 atom stereocenters. The maximum atomic E-state index is 12.5. The molecule has 3 heterocycles. The smallest absolute Gasteiger partial charge is 0.244 e. The molecule has 3 aliphatic heterocycles. The third-order valence-electron chi connectivity index (χ3n) is 5.00. The van der Waals surface area contributed by atoms with Gasteiger partial charge in [0.25, 0.3) is 0 Å². The molecule has 1 aromatic carbocycles. The van der Waals surface area contributed by atoms with Gasteiger partial charge in [0.1, 0.15) is 6.04 Å². The number of nitrogens with zero attached hydrogens (tertiary/aromatic N) is 1. The lowest BCUT2D eigenvalue weighted by atomic mass is 10.1. The van der Waals surface area contributed by atoms with E-state index < -0.39 is 0 Å². The van der Waals surface area contributed by atoms with Gasteiger partial charge in [-0.05, 0) is 37.9 Å². The first kappa shape index (κ1) is 13.0. The third-order valence-corrected chi connectivity index (χ3v) is 5.00. The number of rotatable bonds is 2. The van der Waals surface area contributed by atoms with Crippen LogP contribution >= 0.6 is 0 Å². The number of benzene rings is 1. The van der Waals surface area contributed by atoms with Crippen LogP contribution in [0, 0.1) is 0 Å². The average Bonchev–Trinajstić information content (AvgIpc) is 3.12. The van der Waals surface area contributed by atoms with Crippen LogP contribution < -0.4 is 16.0 Å². The highest BCUT2D eigenvalue weighted by atomic mass is 16.2. The maximum absolute atomic E-state index is 12.5. The average molecular weight is 286 g/mol. The summed E-state index contributed by atoms with van der Waals surface area (Å²) in [6, 6.07) is 8.74. The standard InChI is InChI=1S/C16H22N4O/c21-16(19-13-7-9-20-8-3-6-15(13)20)14-10-17-11-4-1-2-5-12(11)18-14/h1-2,4-5,13-15,17-18H,3,6-10H2,(H,19,21). The van der Waals surface area contributed by atoms with Crippen molar-refractivity contribution in [2.45, 2.75) is 37.4 Å². The van der Waals surface area contributed by atoms with Gasteiger partial charge in [0.05, 0.1) is 11.4 Å². The third kappa shape index (κ3) is 2.35. The SMILES string of the molecule is O=C(NC1CCN2CCCC12)C1CNc2ccccc2N1. The van der Waals surface area contributed by atoms with Gasteiger partial charge in [-0.15, -0.1) is 0 Å². The summed E-state index contributed by atoms with van der Waals surface area (Å²) in [6.45, 7) is 2.98. The Morgan fingerprint density at radius 1 is 1.19 bits per heavy atom. The molecule has 0 aliphatic carbocycles. The molecule has 1 aromatic rings. The Hall–Kier alpha value is -1.75. The lowest BCUT2D eigenvalue weighted by Gasteiger charge is -2.29. The van der Waals surface area contributed by atoms with Crippen LogP contribution in [0.25, 0.3) is 0 Å². The molecule has 3 N–H and O–H groups in total. The molecular formula is C16H22N4O. The van der Waals surface area contributed by atoms with Gasteiger partial charge in [0, 0.05) is 25.2 Å². The van der Waals surface area contributed by atoms with E-state index in [1.54, 1.807) is 0 Å². The molecule has 4 rings (SSSR count). The fraction of sp³-hybridized carbons (Fsp3) is 0.562. The molecular weight excluding hydrogens is 264 g/mol. The molecule has 0 spiro atoms. The van der Waals surface area contributed by atoms with Crippen LogP contribution in [0.1, 0.15) is 19.3 Å². The zero-order valence-corrected chi connectivity index (χ0v) is 12.1. The Labute approximate surface area is 125 Å². The summed E-state index contributed by atoms with van der Waals surface area (Å²) >= 11 is 0. The van der Waals surface area contributed by atoms with Crippen molar-refractivity contribution in [1.29, 1.82) is 0 Å². The first-order chi connectivity index (χ1) is 10.3. The van der Waals surface area contributed by atoms with Crippen LogP contribution in [-0.2, 0) is 4.79 Å². The zero-order valence-electron chi connectivity index (χ0n) is 12.1. The van der Waals surface area contributed by atoms with Gasteiger partial charge >= 0.3 is 0 Å². The van der Waals surface area contributed by atoms with Crippen LogP contribution in [0.15, 0.2) is 24.3 Å². The van der Waals surface area contributed by atoms with Crippen molar-refractivity contribution in [2.24, 2.45) is 0 Å². The topological polar surface area (TPSA) is 56.4 Å².